The number of nitrogens with zero attached hydrogens (tertiary/aromatic N) is 3. The maximum absolute atomic E-state index is 12.7. The van der Waals surface area contributed by atoms with Gasteiger partial charge in [-0.15, -0.1) is 11.3 Å². The van der Waals surface area contributed by atoms with Crippen LogP contribution < -0.4 is 0 Å². The maximum atomic E-state index is 12.7. The SMILES string of the molecule is CC(C)c1nc(C(=O)N2CCC[C@](O)(CN3CCCC3)C2)cs1. The molecule has 2 aliphatic heterocycles. The summed E-state index contributed by atoms with van der Waals surface area (Å²) in [5.74, 6) is 0.308. The monoisotopic (exact) mass is 337 g/mol. The predicted molar refractivity (Wildman–Crippen MR) is 92.0 cm³/mol. The van der Waals surface area contributed by atoms with E-state index < -0.39 is 5.60 Å². The zero-order valence-corrected chi connectivity index (χ0v) is 14.9. The lowest BCUT2D eigenvalue weighted by molar-refractivity contribution is -0.0432. The van der Waals surface area contributed by atoms with Gasteiger partial charge in [0.05, 0.1) is 17.2 Å². The lowest BCUT2D eigenvalue weighted by atomic mass is 9.92. The van der Waals surface area contributed by atoms with E-state index in [4.69, 9.17) is 0 Å². The summed E-state index contributed by atoms with van der Waals surface area (Å²) < 4.78 is 0. The van der Waals surface area contributed by atoms with Crippen LogP contribution in [-0.4, -0.2) is 64.1 Å². The smallest absolute Gasteiger partial charge is 0.273 e. The van der Waals surface area contributed by atoms with E-state index in [0.29, 0.717) is 24.7 Å². The normalized spacial score (nSPS) is 26.2. The summed E-state index contributed by atoms with van der Waals surface area (Å²) in [4.78, 5) is 21.3. The average Bonchev–Trinajstić information content (AvgIpc) is 3.17. The minimum Gasteiger partial charge on any atom is -0.387 e. The first-order valence-corrected chi connectivity index (χ1v) is 9.54. The molecular weight excluding hydrogens is 310 g/mol. The molecule has 0 unspecified atom stereocenters. The molecule has 1 atom stereocenters. The second-order valence-corrected chi connectivity index (χ2v) is 8.15. The second-order valence-electron chi connectivity index (χ2n) is 7.26. The molecule has 3 rings (SSSR count). The van der Waals surface area contributed by atoms with Crippen LogP contribution in [0.25, 0.3) is 0 Å². The van der Waals surface area contributed by atoms with Gasteiger partial charge in [-0.3, -0.25) is 4.79 Å². The molecule has 128 valence electrons. The molecule has 2 saturated heterocycles. The number of thiazole rings is 1. The van der Waals surface area contributed by atoms with Crippen LogP contribution in [0.3, 0.4) is 0 Å². The van der Waals surface area contributed by atoms with Crippen molar-refractivity contribution in [1.29, 1.82) is 0 Å². The van der Waals surface area contributed by atoms with Gasteiger partial charge in [0.2, 0.25) is 0 Å². The molecule has 1 aromatic rings. The van der Waals surface area contributed by atoms with Gasteiger partial charge < -0.3 is 14.9 Å². The van der Waals surface area contributed by atoms with Crippen molar-refractivity contribution in [3.63, 3.8) is 0 Å². The van der Waals surface area contributed by atoms with E-state index in [1.54, 1.807) is 16.2 Å². The molecule has 3 heterocycles. The number of hydrogen-bond donors (Lipinski definition) is 1. The number of carbonyl (C=O) groups excluding carboxylic acids is 1. The Labute approximate surface area is 142 Å². The molecule has 0 aromatic carbocycles. The van der Waals surface area contributed by atoms with E-state index in [-0.39, 0.29) is 5.91 Å². The van der Waals surface area contributed by atoms with Gasteiger partial charge >= 0.3 is 0 Å². The van der Waals surface area contributed by atoms with E-state index in [9.17, 15) is 9.90 Å². The third-order valence-electron chi connectivity index (χ3n) is 4.79. The third kappa shape index (κ3) is 3.92. The molecule has 0 bridgehead atoms. The van der Waals surface area contributed by atoms with Crippen molar-refractivity contribution in [1.82, 2.24) is 14.8 Å². The lowest BCUT2D eigenvalue weighted by Gasteiger charge is -2.41. The van der Waals surface area contributed by atoms with Crippen LogP contribution in [0.5, 0.6) is 0 Å². The standard InChI is InChI=1S/C17H27N3O2S/c1-13(2)15-18-14(10-23-15)16(21)20-9-5-6-17(22,12-20)11-19-7-3-4-8-19/h10,13,22H,3-9,11-12H2,1-2H3/t17-/m0/s1. The molecule has 23 heavy (non-hydrogen) atoms. The molecule has 0 aliphatic carbocycles. The topological polar surface area (TPSA) is 56.7 Å². The maximum Gasteiger partial charge on any atom is 0.273 e. The van der Waals surface area contributed by atoms with Crippen molar-refractivity contribution in [2.75, 3.05) is 32.7 Å². The van der Waals surface area contributed by atoms with Crippen LogP contribution >= 0.6 is 11.3 Å². The molecule has 0 saturated carbocycles. The van der Waals surface area contributed by atoms with Gasteiger partial charge in [0.25, 0.3) is 5.91 Å². The largest absolute Gasteiger partial charge is 0.387 e. The minimum atomic E-state index is -0.769. The van der Waals surface area contributed by atoms with Gasteiger partial charge in [0, 0.05) is 24.4 Å². The molecular formula is C17H27N3O2S. The van der Waals surface area contributed by atoms with Crippen LogP contribution in [0, 0.1) is 0 Å². The first-order valence-electron chi connectivity index (χ1n) is 8.66. The number of piperidine rings is 1. The number of aliphatic hydroxyl groups is 1. The number of hydrogen-bond acceptors (Lipinski definition) is 5. The molecule has 1 N–H and O–H groups in total. The highest BCUT2D eigenvalue weighted by molar-refractivity contribution is 7.09. The van der Waals surface area contributed by atoms with Gasteiger partial charge in [-0.2, -0.15) is 0 Å². The predicted octanol–water partition coefficient (Wildman–Crippen LogP) is 2.33. The Bertz CT molecular complexity index is 554. The number of likely N-dealkylation sites (tertiary alicyclic amines) is 2. The lowest BCUT2D eigenvalue weighted by Crippen LogP contribution is -2.55. The summed E-state index contributed by atoms with van der Waals surface area (Å²) >= 11 is 1.55. The number of β-amino-alcohol motifs (C(OH)–C–C–N with tert-alkyl or cyclic N) is 1. The van der Waals surface area contributed by atoms with Gasteiger partial charge in [-0.1, -0.05) is 13.8 Å². The van der Waals surface area contributed by atoms with Crippen molar-refractivity contribution in [3.05, 3.63) is 16.1 Å². The van der Waals surface area contributed by atoms with E-state index in [2.05, 4.69) is 23.7 Å². The summed E-state index contributed by atoms with van der Waals surface area (Å²) in [7, 11) is 0. The molecule has 0 radical (unpaired) electrons. The van der Waals surface area contributed by atoms with Crippen molar-refractivity contribution < 1.29 is 9.90 Å². The Morgan fingerprint density at radius 1 is 1.35 bits per heavy atom. The van der Waals surface area contributed by atoms with Crippen molar-refractivity contribution in [2.24, 2.45) is 0 Å². The average molecular weight is 337 g/mol. The van der Waals surface area contributed by atoms with Crippen LogP contribution in [0.15, 0.2) is 5.38 Å². The van der Waals surface area contributed by atoms with Crippen molar-refractivity contribution >= 4 is 17.2 Å². The molecule has 0 spiro atoms. The molecule has 1 amide bonds. The zero-order chi connectivity index (χ0) is 16.4. The quantitative estimate of drug-likeness (QED) is 0.916. The summed E-state index contributed by atoms with van der Waals surface area (Å²) in [6, 6.07) is 0. The van der Waals surface area contributed by atoms with Gasteiger partial charge in [0.15, 0.2) is 0 Å². The fourth-order valence-corrected chi connectivity index (χ4v) is 4.39. The number of amides is 1. The summed E-state index contributed by atoms with van der Waals surface area (Å²) in [5, 5.41) is 13.8. The molecule has 2 fully saturated rings. The number of aromatic nitrogens is 1. The summed E-state index contributed by atoms with van der Waals surface area (Å²) in [6.45, 7) is 8.14. The highest BCUT2D eigenvalue weighted by Gasteiger charge is 2.37. The van der Waals surface area contributed by atoms with Gasteiger partial charge in [-0.05, 0) is 38.8 Å². The fourth-order valence-electron chi connectivity index (χ4n) is 3.58. The number of carbonyl (C=O) groups is 1. The van der Waals surface area contributed by atoms with Gasteiger partial charge in [-0.25, -0.2) is 4.98 Å². The highest BCUT2D eigenvalue weighted by Crippen LogP contribution is 2.26. The summed E-state index contributed by atoms with van der Waals surface area (Å²) in [6.07, 6.45) is 4.07. The molecule has 5 nitrogen and oxygen atoms in total. The highest BCUT2D eigenvalue weighted by atomic mass is 32.1. The van der Waals surface area contributed by atoms with E-state index in [1.165, 1.54) is 12.8 Å². The van der Waals surface area contributed by atoms with Crippen LogP contribution in [0.4, 0.5) is 0 Å². The first-order chi connectivity index (χ1) is 11.0. The second kappa shape index (κ2) is 6.87. The Morgan fingerprint density at radius 3 is 2.74 bits per heavy atom. The Morgan fingerprint density at radius 2 is 2.09 bits per heavy atom. The zero-order valence-electron chi connectivity index (χ0n) is 14.1. The number of rotatable bonds is 4. The molecule has 6 heteroatoms. The van der Waals surface area contributed by atoms with Crippen LogP contribution in [0.1, 0.15) is 60.9 Å². The minimum absolute atomic E-state index is 0.0345. The molecule has 1 aromatic heterocycles. The first kappa shape index (κ1) is 16.9. The van der Waals surface area contributed by atoms with E-state index >= 15 is 0 Å². The summed E-state index contributed by atoms with van der Waals surface area (Å²) in [5.41, 5.74) is -0.237. The molecule has 2 aliphatic rings. The Kier molecular flexibility index (Phi) is 5.04. The van der Waals surface area contributed by atoms with Crippen LogP contribution in [-0.2, 0) is 0 Å². The van der Waals surface area contributed by atoms with Gasteiger partial charge in [0.1, 0.15) is 5.69 Å². The van der Waals surface area contributed by atoms with Crippen molar-refractivity contribution in [3.8, 4) is 0 Å². The van der Waals surface area contributed by atoms with E-state index in [0.717, 1.165) is 37.5 Å². The third-order valence-corrected chi connectivity index (χ3v) is 5.94. The van der Waals surface area contributed by atoms with Crippen LogP contribution in [0.2, 0.25) is 0 Å². The Hall–Kier alpha value is -0.980. The Balaban J connectivity index is 1.65. The van der Waals surface area contributed by atoms with Crippen molar-refractivity contribution in [2.45, 2.75) is 51.0 Å². The van der Waals surface area contributed by atoms with E-state index in [1.807, 2.05) is 5.38 Å². The fraction of sp³-hybridized carbons (Fsp3) is 0.765.